The summed E-state index contributed by atoms with van der Waals surface area (Å²) in [6, 6.07) is 19.2. The highest BCUT2D eigenvalue weighted by Crippen LogP contribution is 2.24. The number of ketones is 1. The maximum atomic E-state index is 13.2. The van der Waals surface area contributed by atoms with Gasteiger partial charge in [0.15, 0.2) is 5.78 Å². The van der Waals surface area contributed by atoms with E-state index in [0.29, 0.717) is 29.8 Å². The van der Waals surface area contributed by atoms with Crippen molar-refractivity contribution in [2.45, 2.75) is 26.4 Å². The number of aromatic nitrogens is 2. The number of hydrogen-bond acceptors (Lipinski definition) is 7. The lowest BCUT2D eigenvalue weighted by Gasteiger charge is -2.31. The molecule has 212 valence electrons. The lowest BCUT2D eigenvalue weighted by Crippen LogP contribution is -2.43. The van der Waals surface area contributed by atoms with Gasteiger partial charge in [-0.3, -0.25) is 23.9 Å². The number of fused-ring (bicyclic) bond motifs is 1. The van der Waals surface area contributed by atoms with E-state index < -0.39 is 5.91 Å². The Morgan fingerprint density at radius 1 is 0.976 bits per heavy atom. The number of ether oxygens (including phenoxy) is 1. The summed E-state index contributed by atoms with van der Waals surface area (Å²) in [5, 5.41) is 3.46. The summed E-state index contributed by atoms with van der Waals surface area (Å²) in [4.78, 5) is 43.9. The Bertz CT molecular complexity index is 1610. The van der Waals surface area contributed by atoms with Crippen molar-refractivity contribution in [3.05, 3.63) is 99.5 Å². The maximum absolute atomic E-state index is 13.2. The zero-order valence-electron chi connectivity index (χ0n) is 23.4. The molecular weight excluding hydrogens is 518 g/mol. The quantitative estimate of drug-likeness (QED) is 0.310. The minimum Gasteiger partial charge on any atom is -0.379 e. The normalized spacial score (nSPS) is 14.7. The van der Waals surface area contributed by atoms with Crippen LogP contribution >= 0.6 is 0 Å². The number of nitrogens with one attached hydrogen (secondary N) is 1. The lowest BCUT2D eigenvalue weighted by molar-refractivity contribution is -0.119. The molecule has 5 rings (SSSR count). The molecule has 1 aromatic heterocycles. The van der Waals surface area contributed by atoms with Crippen LogP contribution < -0.4 is 16.6 Å². The molecule has 0 bridgehead atoms. The Balaban J connectivity index is 1.32. The van der Waals surface area contributed by atoms with E-state index in [-0.39, 0.29) is 30.5 Å². The van der Waals surface area contributed by atoms with Crippen LogP contribution in [0.5, 0.6) is 0 Å². The third-order valence-electron chi connectivity index (χ3n) is 7.70. The van der Waals surface area contributed by atoms with Gasteiger partial charge in [0, 0.05) is 31.2 Å². The van der Waals surface area contributed by atoms with Gasteiger partial charge in [-0.1, -0.05) is 36.4 Å². The average Bonchev–Trinajstić information content (AvgIpc) is 2.98. The fourth-order valence-electron chi connectivity index (χ4n) is 5.12. The summed E-state index contributed by atoms with van der Waals surface area (Å²) >= 11 is 0. The number of rotatable bonds is 10. The summed E-state index contributed by atoms with van der Waals surface area (Å²) in [5.74, 6) is -0.540. The molecule has 1 saturated heterocycles. The zero-order chi connectivity index (χ0) is 28.9. The monoisotopic (exact) mass is 553 g/mol. The molecule has 1 aliphatic rings. The van der Waals surface area contributed by atoms with E-state index in [1.165, 1.54) is 10.8 Å². The average molecular weight is 554 g/mol. The molecule has 9 heteroatoms. The van der Waals surface area contributed by atoms with Crippen LogP contribution in [0.2, 0.25) is 0 Å². The van der Waals surface area contributed by atoms with Crippen LogP contribution in [0.1, 0.15) is 33.1 Å². The van der Waals surface area contributed by atoms with Crippen LogP contribution in [0.4, 0.5) is 0 Å². The number of carbonyl (C=O) groups excluding carboxylic acids is 2. The highest BCUT2D eigenvalue weighted by Gasteiger charge is 2.20. The maximum Gasteiger partial charge on any atom is 0.269 e. The molecule has 4 aromatic rings. The highest BCUT2D eigenvalue weighted by molar-refractivity contribution is 5.93. The Morgan fingerprint density at radius 3 is 2.27 bits per heavy atom. The number of hydrogen-bond donors (Lipinski definition) is 2. The van der Waals surface area contributed by atoms with Crippen molar-refractivity contribution < 1.29 is 14.3 Å². The molecule has 2 heterocycles. The summed E-state index contributed by atoms with van der Waals surface area (Å²) in [6.07, 6.45) is 1.28. The van der Waals surface area contributed by atoms with Crippen LogP contribution in [0.15, 0.2) is 71.7 Å². The molecule has 0 radical (unpaired) electrons. The van der Waals surface area contributed by atoms with Crippen LogP contribution in [-0.4, -0.2) is 65.5 Å². The third kappa shape index (κ3) is 6.77. The fourth-order valence-corrected chi connectivity index (χ4v) is 5.12. The number of primary amides is 1. The molecule has 0 spiro atoms. The van der Waals surface area contributed by atoms with E-state index in [9.17, 15) is 14.4 Å². The first-order valence-corrected chi connectivity index (χ1v) is 13.8. The number of carbonyl (C=O) groups is 2. The molecule has 0 saturated carbocycles. The van der Waals surface area contributed by atoms with E-state index in [0.717, 1.165) is 47.5 Å². The highest BCUT2D eigenvalue weighted by atomic mass is 16.5. The summed E-state index contributed by atoms with van der Waals surface area (Å²) < 4.78 is 7.03. The number of benzene rings is 3. The molecule has 1 unspecified atom stereocenters. The van der Waals surface area contributed by atoms with Gasteiger partial charge in [-0.2, -0.15) is 0 Å². The van der Waals surface area contributed by atoms with E-state index in [1.807, 2.05) is 50.2 Å². The second-order valence-corrected chi connectivity index (χ2v) is 10.6. The predicted octanol–water partition coefficient (Wildman–Crippen LogP) is 3.01. The smallest absolute Gasteiger partial charge is 0.269 e. The zero-order valence-corrected chi connectivity index (χ0v) is 23.4. The summed E-state index contributed by atoms with van der Waals surface area (Å²) in [5.41, 5.74) is 12.1. The van der Waals surface area contributed by atoms with Crippen molar-refractivity contribution in [3.8, 4) is 11.1 Å². The minimum absolute atomic E-state index is 0.0299. The Hall–Kier alpha value is -4.18. The topological polar surface area (TPSA) is 120 Å². The first-order valence-electron chi connectivity index (χ1n) is 13.8. The molecule has 1 atom stereocenters. The minimum atomic E-state index is -0.453. The van der Waals surface area contributed by atoms with Crippen LogP contribution in [-0.2, 0) is 16.1 Å². The summed E-state index contributed by atoms with van der Waals surface area (Å²) in [7, 11) is 0. The number of morpholine rings is 1. The number of aryl methyl sites for hydroxylation is 2. The molecule has 3 N–H and O–H groups in total. The van der Waals surface area contributed by atoms with E-state index in [4.69, 9.17) is 10.5 Å². The van der Waals surface area contributed by atoms with Crippen molar-refractivity contribution in [3.63, 3.8) is 0 Å². The first-order chi connectivity index (χ1) is 19.8. The fraction of sp³-hybridized carbons (Fsp3) is 0.312. The van der Waals surface area contributed by atoms with Gasteiger partial charge in [0.25, 0.3) is 5.56 Å². The van der Waals surface area contributed by atoms with Gasteiger partial charge in [0.2, 0.25) is 5.91 Å². The third-order valence-corrected chi connectivity index (χ3v) is 7.70. The number of amides is 1. The molecule has 41 heavy (non-hydrogen) atoms. The second kappa shape index (κ2) is 12.6. The van der Waals surface area contributed by atoms with E-state index in [2.05, 4.69) is 27.3 Å². The molecule has 0 aliphatic carbocycles. The molecular formula is C32H35N5O4. The van der Waals surface area contributed by atoms with Crippen molar-refractivity contribution in [2.24, 2.45) is 5.73 Å². The van der Waals surface area contributed by atoms with Gasteiger partial charge >= 0.3 is 0 Å². The van der Waals surface area contributed by atoms with Crippen molar-refractivity contribution in [1.29, 1.82) is 0 Å². The van der Waals surface area contributed by atoms with Gasteiger partial charge in [-0.25, -0.2) is 4.98 Å². The van der Waals surface area contributed by atoms with Gasteiger partial charge in [-0.05, 0) is 65.9 Å². The predicted molar refractivity (Wildman–Crippen MR) is 159 cm³/mol. The molecule has 1 amide bonds. The SMILES string of the molecule is Cc1cc2ncc(=O)n(CC(=O)CNC(CN3CCOCC3)c3ccc(-c4ccc(C(N)=O)cc4)cc3)c2cc1C. The van der Waals surface area contributed by atoms with Crippen LogP contribution in [0.3, 0.4) is 0 Å². The van der Waals surface area contributed by atoms with Gasteiger partial charge < -0.3 is 15.8 Å². The summed E-state index contributed by atoms with van der Waals surface area (Å²) in [6.45, 7) is 7.82. The van der Waals surface area contributed by atoms with Crippen LogP contribution in [0, 0.1) is 13.8 Å². The molecule has 3 aromatic carbocycles. The first kappa shape index (κ1) is 28.4. The van der Waals surface area contributed by atoms with E-state index in [1.54, 1.807) is 12.1 Å². The van der Waals surface area contributed by atoms with Gasteiger partial charge in [0.05, 0.1) is 43.5 Å². The molecule has 1 fully saturated rings. The Morgan fingerprint density at radius 2 is 1.61 bits per heavy atom. The lowest BCUT2D eigenvalue weighted by atomic mass is 9.99. The van der Waals surface area contributed by atoms with Crippen molar-refractivity contribution in [1.82, 2.24) is 19.8 Å². The standard InChI is InChI=1S/C32H35N5O4/c1-21-15-28-30(16-22(21)2)37(31(39)18-35-28)19-27(38)17-34-29(20-36-11-13-41-14-12-36)25-7-3-23(4-8-25)24-5-9-26(10-6-24)32(33)40/h3-10,15-16,18,29,34H,11-14,17,19-20H2,1-2H3,(H2,33,40). The van der Waals surface area contributed by atoms with Gasteiger partial charge in [-0.15, -0.1) is 0 Å². The van der Waals surface area contributed by atoms with E-state index >= 15 is 0 Å². The molecule has 9 nitrogen and oxygen atoms in total. The number of nitrogens with zero attached hydrogens (tertiary/aromatic N) is 3. The Labute approximate surface area is 238 Å². The second-order valence-electron chi connectivity index (χ2n) is 10.6. The molecule has 1 aliphatic heterocycles. The largest absolute Gasteiger partial charge is 0.379 e. The number of nitrogens with two attached hydrogens (primary N) is 1. The Kier molecular flexibility index (Phi) is 8.68. The van der Waals surface area contributed by atoms with Crippen molar-refractivity contribution in [2.75, 3.05) is 39.4 Å². The van der Waals surface area contributed by atoms with Crippen LogP contribution in [0.25, 0.3) is 22.2 Å². The van der Waals surface area contributed by atoms with Crippen molar-refractivity contribution >= 4 is 22.7 Å². The van der Waals surface area contributed by atoms with Gasteiger partial charge in [0.1, 0.15) is 0 Å². The number of Topliss-reactive ketones (excluding diaryl/α,β-unsaturated/α-hetero) is 1.